The van der Waals surface area contributed by atoms with Crippen LogP contribution in [-0.2, 0) is 12.8 Å². The van der Waals surface area contributed by atoms with E-state index in [4.69, 9.17) is 0 Å². The molecular formula is C23H30N4O. The molecule has 28 heavy (non-hydrogen) atoms. The Kier molecular flexibility index (Phi) is 7.09. The molecule has 1 atom stereocenters. The van der Waals surface area contributed by atoms with E-state index in [0.717, 1.165) is 31.0 Å². The van der Waals surface area contributed by atoms with E-state index in [1.165, 1.54) is 22.2 Å². The molecular weight excluding hydrogens is 348 g/mol. The molecule has 1 heterocycles. The molecule has 0 aliphatic carbocycles. The number of H-pyrrole nitrogens is 1. The molecule has 3 rings (SSSR count). The maximum atomic E-state index is 10.3. The topological polar surface area (TPSA) is 72.4 Å². The Bertz CT molecular complexity index is 901. The molecule has 148 valence electrons. The van der Waals surface area contributed by atoms with Crippen LogP contribution in [0.4, 0.5) is 0 Å². The number of fused-ring (bicyclic) bond motifs is 1. The third-order valence-corrected chi connectivity index (χ3v) is 4.81. The second kappa shape index (κ2) is 9.95. The highest BCUT2D eigenvalue weighted by Crippen LogP contribution is 2.21. The van der Waals surface area contributed by atoms with Crippen LogP contribution < -0.4 is 10.6 Å². The molecule has 3 aromatic rings. The number of guanidine groups is 1. The molecule has 5 nitrogen and oxygen atoms in total. The number of para-hydroxylation sites is 1. The van der Waals surface area contributed by atoms with Crippen molar-refractivity contribution in [1.29, 1.82) is 0 Å². The zero-order chi connectivity index (χ0) is 19.8. The first-order chi connectivity index (χ1) is 13.7. The van der Waals surface area contributed by atoms with E-state index < -0.39 is 6.10 Å². The summed E-state index contributed by atoms with van der Waals surface area (Å²) in [5.41, 5.74) is 4.85. The van der Waals surface area contributed by atoms with Crippen LogP contribution in [0.3, 0.4) is 0 Å². The van der Waals surface area contributed by atoms with Crippen LogP contribution in [-0.4, -0.2) is 41.8 Å². The van der Waals surface area contributed by atoms with Gasteiger partial charge >= 0.3 is 0 Å². The fourth-order valence-corrected chi connectivity index (χ4v) is 3.45. The van der Waals surface area contributed by atoms with Gasteiger partial charge in [0.25, 0.3) is 0 Å². The summed E-state index contributed by atoms with van der Waals surface area (Å²) >= 11 is 0. The van der Waals surface area contributed by atoms with Crippen molar-refractivity contribution in [1.82, 2.24) is 15.6 Å². The molecule has 1 unspecified atom stereocenters. The standard InChI is InChI=1S/C23H30N4O/c1-3-24-23(26-16-19(28)15-18-9-5-4-6-10-18)25-14-13-20-17(2)27-22-12-8-7-11-21(20)22/h4-12,19,27-28H,3,13-16H2,1-2H3,(H2,24,25,26). The van der Waals surface area contributed by atoms with Crippen LogP contribution in [0.25, 0.3) is 10.9 Å². The van der Waals surface area contributed by atoms with Crippen LogP contribution >= 0.6 is 0 Å². The molecule has 0 fully saturated rings. The van der Waals surface area contributed by atoms with E-state index in [9.17, 15) is 5.11 Å². The Balaban J connectivity index is 1.55. The van der Waals surface area contributed by atoms with Crippen LogP contribution in [0.1, 0.15) is 23.7 Å². The molecule has 4 N–H and O–H groups in total. The van der Waals surface area contributed by atoms with E-state index >= 15 is 0 Å². The number of aliphatic hydroxyl groups excluding tert-OH is 1. The van der Waals surface area contributed by atoms with Gasteiger partial charge in [-0.2, -0.15) is 0 Å². The van der Waals surface area contributed by atoms with Crippen molar-refractivity contribution in [3.63, 3.8) is 0 Å². The van der Waals surface area contributed by atoms with Crippen molar-refractivity contribution >= 4 is 16.9 Å². The van der Waals surface area contributed by atoms with Gasteiger partial charge in [-0.25, -0.2) is 0 Å². The number of rotatable bonds is 8. The second-order valence-electron chi connectivity index (χ2n) is 7.01. The lowest BCUT2D eigenvalue weighted by molar-refractivity contribution is 0.183. The second-order valence-corrected chi connectivity index (χ2v) is 7.01. The molecule has 0 saturated heterocycles. The normalized spacial score (nSPS) is 12.9. The number of aromatic amines is 1. The monoisotopic (exact) mass is 378 g/mol. The van der Waals surface area contributed by atoms with Crippen LogP contribution in [0.15, 0.2) is 59.6 Å². The minimum atomic E-state index is -0.492. The van der Waals surface area contributed by atoms with Gasteiger partial charge in [0.1, 0.15) is 0 Å². The molecule has 0 bridgehead atoms. The average molecular weight is 379 g/mol. The first-order valence-electron chi connectivity index (χ1n) is 9.97. The zero-order valence-corrected chi connectivity index (χ0v) is 16.7. The first-order valence-corrected chi connectivity index (χ1v) is 9.97. The van der Waals surface area contributed by atoms with Crippen molar-refractivity contribution in [2.75, 3.05) is 19.6 Å². The lowest BCUT2D eigenvalue weighted by Crippen LogP contribution is -2.39. The first kappa shape index (κ1) is 20.0. The van der Waals surface area contributed by atoms with Crippen molar-refractivity contribution in [2.24, 2.45) is 4.99 Å². The SMILES string of the molecule is CCNC(=NCC(O)Cc1ccccc1)NCCc1c(C)[nH]c2ccccc12. The molecule has 0 spiro atoms. The van der Waals surface area contributed by atoms with Crippen LogP contribution in [0, 0.1) is 6.92 Å². The van der Waals surface area contributed by atoms with Gasteiger partial charge in [0, 0.05) is 36.1 Å². The third kappa shape index (κ3) is 5.36. The number of hydrogen-bond donors (Lipinski definition) is 4. The zero-order valence-electron chi connectivity index (χ0n) is 16.7. The lowest BCUT2D eigenvalue weighted by atomic mass is 10.1. The minimum Gasteiger partial charge on any atom is -0.391 e. The van der Waals surface area contributed by atoms with Gasteiger partial charge in [-0.1, -0.05) is 48.5 Å². The number of aliphatic hydroxyl groups is 1. The number of aliphatic imine (C=N–C) groups is 1. The Labute approximate surface area is 166 Å². The number of benzene rings is 2. The van der Waals surface area contributed by atoms with Gasteiger partial charge in [-0.15, -0.1) is 0 Å². The highest BCUT2D eigenvalue weighted by molar-refractivity contribution is 5.84. The Morgan fingerprint density at radius 2 is 1.82 bits per heavy atom. The van der Waals surface area contributed by atoms with Crippen LogP contribution in [0.2, 0.25) is 0 Å². The molecule has 0 radical (unpaired) electrons. The summed E-state index contributed by atoms with van der Waals surface area (Å²) in [6.45, 7) is 6.10. The number of aromatic nitrogens is 1. The highest BCUT2D eigenvalue weighted by Gasteiger charge is 2.09. The summed E-state index contributed by atoms with van der Waals surface area (Å²) < 4.78 is 0. The predicted octanol–water partition coefficient (Wildman–Crippen LogP) is 3.18. The fourth-order valence-electron chi connectivity index (χ4n) is 3.45. The molecule has 0 amide bonds. The quantitative estimate of drug-likeness (QED) is 0.359. The molecule has 0 aliphatic rings. The average Bonchev–Trinajstić information content (AvgIpc) is 3.02. The van der Waals surface area contributed by atoms with Gasteiger partial charge in [0.05, 0.1) is 12.6 Å². The van der Waals surface area contributed by atoms with Crippen molar-refractivity contribution in [2.45, 2.75) is 32.8 Å². The van der Waals surface area contributed by atoms with Gasteiger partial charge < -0.3 is 20.7 Å². The maximum absolute atomic E-state index is 10.3. The summed E-state index contributed by atoms with van der Waals surface area (Å²) in [5, 5.41) is 18.2. The van der Waals surface area contributed by atoms with E-state index in [-0.39, 0.29) is 0 Å². The number of aryl methyl sites for hydroxylation is 1. The van der Waals surface area contributed by atoms with E-state index in [2.05, 4.69) is 51.8 Å². The summed E-state index contributed by atoms with van der Waals surface area (Å²) in [4.78, 5) is 8.00. The van der Waals surface area contributed by atoms with Gasteiger partial charge in [0.15, 0.2) is 5.96 Å². The molecule has 1 aromatic heterocycles. The summed E-state index contributed by atoms with van der Waals surface area (Å²) in [6.07, 6.45) is 1.03. The van der Waals surface area contributed by atoms with Gasteiger partial charge in [-0.3, -0.25) is 4.99 Å². The predicted molar refractivity (Wildman–Crippen MR) is 117 cm³/mol. The molecule has 0 aliphatic heterocycles. The number of hydrogen-bond acceptors (Lipinski definition) is 2. The highest BCUT2D eigenvalue weighted by atomic mass is 16.3. The third-order valence-electron chi connectivity index (χ3n) is 4.81. The Hall–Kier alpha value is -2.79. The van der Waals surface area contributed by atoms with Crippen molar-refractivity contribution in [3.8, 4) is 0 Å². The van der Waals surface area contributed by atoms with Crippen LogP contribution in [0.5, 0.6) is 0 Å². The molecule has 0 saturated carbocycles. The summed E-state index contributed by atoms with van der Waals surface area (Å²) in [5.74, 6) is 0.743. The van der Waals surface area contributed by atoms with E-state index in [1.807, 2.05) is 37.3 Å². The van der Waals surface area contributed by atoms with Crippen molar-refractivity contribution in [3.05, 3.63) is 71.4 Å². The van der Waals surface area contributed by atoms with Gasteiger partial charge in [0.2, 0.25) is 0 Å². The maximum Gasteiger partial charge on any atom is 0.191 e. The smallest absolute Gasteiger partial charge is 0.191 e. The van der Waals surface area contributed by atoms with E-state index in [1.54, 1.807) is 0 Å². The number of nitrogens with one attached hydrogen (secondary N) is 3. The van der Waals surface area contributed by atoms with E-state index in [0.29, 0.717) is 13.0 Å². The Morgan fingerprint density at radius 3 is 2.61 bits per heavy atom. The Morgan fingerprint density at radius 1 is 1.07 bits per heavy atom. The summed E-state index contributed by atoms with van der Waals surface area (Å²) in [7, 11) is 0. The largest absolute Gasteiger partial charge is 0.391 e. The number of nitrogens with zero attached hydrogens (tertiary/aromatic N) is 1. The fraction of sp³-hybridized carbons (Fsp3) is 0.348. The minimum absolute atomic E-state index is 0.371. The van der Waals surface area contributed by atoms with Gasteiger partial charge in [-0.05, 0) is 37.5 Å². The lowest BCUT2D eigenvalue weighted by Gasteiger charge is -2.13. The summed E-state index contributed by atoms with van der Waals surface area (Å²) in [6, 6.07) is 18.4. The molecule has 2 aromatic carbocycles. The van der Waals surface area contributed by atoms with Crippen molar-refractivity contribution < 1.29 is 5.11 Å². The molecule has 5 heteroatoms.